The van der Waals surface area contributed by atoms with Crippen LogP contribution in [0.5, 0.6) is 0 Å². The Morgan fingerprint density at radius 1 is 1.05 bits per heavy atom. The van der Waals surface area contributed by atoms with Crippen molar-refractivity contribution in [2.45, 2.75) is 13.0 Å². The van der Waals surface area contributed by atoms with Crippen LogP contribution >= 0.6 is 39.1 Å². The van der Waals surface area contributed by atoms with Crippen LogP contribution in [0.1, 0.15) is 22.7 Å². The summed E-state index contributed by atoms with van der Waals surface area (Å²) in [5, 5.41) is 4.69. The van der Waals surface area contributed by atoms with E-state index in [2.05, 4.69) is 40.3 Å². The Morgan fingerprint density at radius 3 is 2.47 bits per heavy atom. The van der Waals surface area contributed by atoms with E-state index >= 15 is 0 Å². The maximum atomic E-state index is 6.30. The summed E-state index contributed by atoms with van der Waals surface area (Å²) in [5.41, 5.74) is 3.33. The second-order valence-corrected chi connectivity index (χ2v) is 6.11. The molecule has 1 unspecified atom stereocenters. The molecular weight excluding hydrogens is 345 g/mol. The Kier molecular flexibility index (Phi) is 4.91. The van der Waals surface area contributed by atoms with E-state index in [1.165, 1.54) is 5.56 Å². The normalized spacial score (nSPS) is 12.5. The van der Waals surface area contributed by atoms with E-state index in [1.807, 2.05) is 25.2 Å². The summed E-state index contributed by atoms with van der Waals surface area (Å²) in [6, 6.07) is 11.8. The molecule has 2 aromatic rings. The van der Waals surface area contributed by atoms with Crippen LogP contribution < -0.4 is 5.32 Å². The van der Waals surface area contributed by atoms with E-state index in [1.54, 1.807) is 6.07 Å². The highest BCUT2D eigenvalue weighted by atomic mass is 79.9. The van der Waals surface area contributed by atoms with Gasteiger partial charge in [-0.25, -0.2) is 0 Å². The summed E-state index contributed by atoms with van der Waals surface area (Å²) in [5.74, 6) is 0. The van der Waals surface area contributed by atoms with Gasteiger partial charge < -0.3 is 5.32 Å². The van der Waals surface area contributed by atoms with Crippen LogP contribution in [0.2, 0.25) is 10.0 Å². The van der Waals surface area contributed by atoms with Gasteiger partial charge in [-0.15, -0.1) is 0 Å². The van der Waals surface area contributed by atoms with E-state index in [9.17, 15) is 0 Å². The fourth-order valence-corrected chi connectivity index (χ4v) is 2.98. The van der Waals surface area contributed by atoms with Crippen molar-refractivity contribution in [1.29, 1.82) is 0 Å². The van der Waals surface area contributed by atoms with E-state index < -0.39 is 0 Å². The van der Waals surface area contributed by atoms with Crippen molar-refractivity contribution in [3.05, 3.63) is 67.6 Å². The van der Waals surface area contributed by atoms with E-state index in [0.29, 0.717) is 10.0 Å². The van der Waals surface area contributed by atoms with Crippen molar-refractivity contribution in [2.24, 2.45) is 0 Å². The predicted octanol–water partition coefficient (Wildman–Crippen LogP) is 5.37. The second-order valence-electron chi connectivity index (χ2n) is 4.41. The molecule has 0 saturated heterocycles. The van der Waals surface area contributed by atoms with Gasteiger partial charge in [0.05, 0.1) is 6.04 Å². The smallest absolute Gasteiger partial charge is 0.0600 e. The van der Waals surface area contributed by atoms with Crippen LogP contribution in [-0.2, 0) is 0 Å². The summed E-state index contributed by atoms with van der Waals surface area (Å²) in [6.07, 6.45) is 0. The molecule has 2 aromatic carbocycles. The summed E-state index contributed by atoms with van der Waals surface area (Å²) in [6.45, 7) is 2.07. The quantitative estimate of drug-likeness (QED) is 0.777. The highest BCUT2D eigenvalue weighted by Crippen LogP contribution is 2.34. The number of aryl methyl sites for hydroxylation is 1. The fraction of sp³-hybridized carbons (Fsp3) is 0.200. The second kappa shape index (κ2) is 6.27. The molecule has 0 heterocycles. The summed E-state index contributed by atoms with van der Waals surface area (Å²) >= 11 is 16.0. The molecule has 4 heteroatoms. The van der Waals surface area contributed by atoms with Gasteiger partial charge in [0.15, 0.2) is 0 Å². The van der Waals surface area contributed by atoms with Gasteiger partial charge >= 0.3 is 0 Å². The zero-order chi connectivity index (χ0) is 14.0. The Morgan fingerprint density at radius 2 is 1.79 bits per heavy atom. The summed E-state index contributed by atoms with van der Waals surface area (Å²) < 4.78 is 1.05. The van der Waals surface area contributed by atoms with E-state index in [0.717, 1.165) is 15.6 Å². The number of nitrogens with one attached hydrogen (secondary N) is 1. The first kappa shape index (κ1) is 14.9. The number of halogens is 3. The zero-order valence-electron chi connectivity index (χ0n) is 10.7. The third-order valence-corrected chi connectivity index (χ3v) is 4.32. The van der Waals surface area contributed by atoms with Crippen molar-refractivity contribution in [2.75, 3.05) is 7.05 Å². The molecule has 100 valence electrons. The lowest BCUT2D eigenvalue weighted by atomic mass is 9.97. The molecular formula is C15H14BrCl2N. The van der Waals surface area contributed by atoms with Gasteiger partial charge in [0.25, 0.3) is 0 Å². The minimum atomic E-state index is 0.000440. The third kappa shape index (κ3) is 3.32. The Labute approximate surface area is 132 Å². The maximum Gasteiger partial charge on any atom is 0.0600 e. The van der Waals surface area contributed by atoms with Crippen LogP contribution in [0, 0.1) is 6.92 Å². The van der Waals surface area contributed by atoms with Gasteiger partial charge in [-0.1, -0.05) is 56.8 Å². The number of rotatable bonds is 3. The first-order valence-electron chi connectivity index (χ1n) is 5.91. The van der Waals surface area contributed by atoms with Crippen LogP contribution in [0.25, 0.3) is 0 Å². The molecule has 0 aromatic heterocycles. The van der Waals surface area contributed by atoms with Gasteiger partial charge in [0, 0.05) is 14.5 Å². The molecule has 0 aliphatic heterocycles. The minimum Gasteiger partial charge on any atom is -0.309 e. The molecule has 0 fully saturated rings. The van der Waals surface area contributed by atoms with Crippen LogP contribution in [0.3, 0.4) is 0 Å². The molecule has 0 aliphatic rings. The first-order valence-corrected chi connectivity index (χ1v) is 7.46. The lowest BCUT2D eigenvalue weighted by Gasteiger charge is -2.20. The first-order chi connectivity index (χ1) is 9.02. The average Bonchev–Trinajstić information content (AvgIpc) is 2.38. The zero-order valence-corrected chi connectivity index (χ0v) is 13.8. The topological polar surface area (TPSA) is 12.0 Å². The van der Waals surface area contributed by atoms with Crippen LogP contribution in [0.4, 0.5) is 0 Å². The monoisotopic (exact) mass is 357 g/mol. The van der Waals surface area contributed by atoms with Crippen LogP contribution in [0.15, 0.2) is 40.9 Å². The van der Waals surface area contributed by atoms with E-state index in [-0.39, 0.29) is 6.04 Å². The van der Waals surface area contributed by atoms with Crippen molar-refractivity contribution in [3.8, 4) is 0 Å². The molecule has 1 atom stereocenters. The van der Waals surface area contributed by atoms with Gasteiger partial charge in [-0.3, -0.25) is 0 Å². The molecule has 1 N–H and O–H groups in total. The van der Waals surface area contributed by atoms with Crippen molar-refractivity contribution >= 4 is 39.1 Å². The van der Waals surface area contributed by atoms with Gasteiger partial charge in [-0.05, 0) is 49.4 Å². The molecule has 0 saturated carbocycles. The number of hydrogen-bond donors (Lipinski definition) is 1. The Hall–Kier alpha value is -0.540. The molecule has 0 spiro atoms. The predicted molar refractivity (Wildman–Crippen MR) is 86.2 cm³/mol. The molecule has 0 amide bonds. The van der Waals surface area contributed by atoms with Gasteiger partial charge in [-0.2, -0.15) is 0 Å². The van der Waals surface area contributed by atoms with Crippen molar-refractivity contribution in [1.82, 2.24) is 5.32 Å². The minimum absolute atomic E-state index is 0.000440. The number of hydrogen-bond acceptors (Lipinski definition) is 1. The molecule has 1 nitrogen and oxygen atoms in total. The maximum absolute atomic E-state index is 6.30. The fourth-order valence-electron chi connectivity index (χ4n) is 2.10. The Bertz CT molecular complexity index is 547. The molecule has 0 bridgehead atoms. The van der Waals surface area contributed by atoms with Gasteiger partial charge in [0.2, 0.25) is 0 Å². The van der Waals surface area contributed by atoms with Crippen LogP contribution in [-0.4, -0.2) is 7.05 Å². The molecule has 0 radical (unpaired) electrons. The molecule has 2 rings (SSSR count). The van der Waals surface area contributed by atoms with Crippen molar-refractivity contribution in [3.63, 3.8) is 0 Å². The average molecular weight is 359 g/mol. The summed E-state index contributed by atoms with van der Waals surface area (Å²) in [4.78, 5) is 0. The standard InChI is InChI=1S/C15H14BrCl2N/c1-9-3-5-13(16)11(7-9)15(19-2)12-8-10(17)4-6-14(12)18/h3-8,15,19H,1-2H3. The summed E-state index contributed by atoms with van der Waals surface area (Å²) in [7, 11) is 1.91. The lowest BCUT2D eigenvalue weighted by molar-refractivity contribution is 0.688. The molecule has 0 aliphatic carbocycles. The molecule has 19 heavy (non-hydrogen) atoms. The SMILES string of the molecule is CNC(c1cc(Cl)ccc1Cl)c1cc(C)ccc1Br. The van der Waals surface area contributed by atoms with E-state index in [4.69, 9.17) is 23.2 Å². The Balaban J connectivity index is 2.55. The highest BCUT2D eigenvalue weighted by molar-refractivity contribution is 9.10. The van der Waals surface area contributed by atoms with Gasteiger partial charge in [0.1, 0.15) is 0 Å². The van der Waals surface area contributed by atoms with Crippen molar-refractivity contribution < 1.29 is 0 Å². The largest absolute Gasteiger partial charge is 0.309 e. The highest BCUT2D eigenvalue weighted by Gasteiger charge is 2.18. The number of benzene rings is 2. The third-order valence-electron chi connectivity index (χ3n) is 3.02. The lowest BCUT2D eigenvalue weighted by Crippen LogP contribution is -2.18.